The smallest absolute Gasteiger partial charge is 0.140 e. The van der Waals surface area contributed by atoms with E-state index in [0.29, 0.717) is 21.5 Å². The van der Waals surface area contributed by atoms with Crippen LogP contribution in [0.25, 0.3) is 0 Å². The molecular formula is C12H9ClF2N2S. The van der Waals surface area contributed by atoms with Crippen LogP contribution < -0.4 is 0 Å². The van der Waals surface area contributed by atoms with Crippen molar-refractivity contribution in [1.29, 1.82) is 0 Å². The summed E-state index contributed by atoms with van der Waals surface area (Å²) >= 11 is 7.05. The number of nitrogens with zero attached hydrogens (tertiary/aromatic N) is 2. The minimum Gasteiger partial charge on any atom is -0.229 e. The molecule has 2 nitrogen and oxygen atoms in total. The lowest BCUT2D eigenvalue weighted by atomic mass is 10.3. The Bertz CT molecular complexity index is 578. The van der Waals surface area contributed by atoms with Gasteiger partial charge in [0, 0.05) is 16.5 Å². The van der Waals surface area contributed by atoms with E-state index >= 15 is 0 Å². The molecule has 0 unspecified atom stereocenters. The van der Waals surface area contributed by atoms with Gasteiger partial charge in [0.15, 0.2) is 0 Å². The first-order valence-corrected chi connectivity index (χ1v) is 6.43. The van der Waals surface area contributed by atoms with Crippen LogP contribution in [0.1, 0.15) is 12.5 Å². The summed E-state index contributed by atoms with van der Waals surface area (Å²) < 4.78 is 26.3. The molecule has 2 rings (SSSR count). The molecule has 2 aromatic rings. The van der Waals surface area contributed by atoms with Crippen LogP contribution in [0.5, 0.6) is 0 Å². The summed E-state index contributed by atoms with van der Waals surface area (Å²) in [6, 6.07) is 3.43. The number of aromatic nitrogens is 2. The van der Waals surface area contributed by atoms with Crippen molar-refractivity contribution in [3.8, 4) is 0 Å². The molecular weight excluding hydrogens is 278 g/mol. The SMILES string of the molecule is CCc1c(Cl)ncnc1Sc1ccc(F)cc1F. The summed E-state index contributed by atoms with van der Waals surface area (Å²) in [4.78, 5) is 8.26. The van der Waals surface area contributed by atoms with Gasteiger partial charge in [0.2, 0.25) is 0 Å². The molecule has 94 valence electrons. The molecule has 0 aliphatic rings. The fourth-order valence-corrected chi connectivity index (χ4v) is 2.71. The fourth-order valence-electron chi connectivity index (χ4n) is 1.42. The highest BCUT2D eigenvalue weighted by Gasteiger charge is 2.12. The van der Waals surface area contributed by atoms with E-state index in [4.69, 9.17) is 11.6 Å². The minimum atomic E-state index is -0.614. The maximum absolute atomic E-state index is 13.5. The zero-order valence-corrected chi connectivity index (χ0v) is 11.0. The Hall–Kier alpha value is -1.20. The molecule has 0 amide bonds. The quantitative estimate of drug-likeness (QED) is 0.794. The van der Waals surface area contributed by atoms with Crippen molar-refractivity contribution < 1.29 is 8.78 Å². The van der Waals surface area contributed by atoms with E-state index in [9.17, 15) is 8.78 Å². The predicted molar refractivity (Wildman–Crippen MR) is 66.9 cm³/mol. The third-order valence-electron chi connectivity index (χ3n) is 2.31. The van der Waals surface area contributed by atoms with Gasteiger partial charge >= 0.3 is 0 Å². The molecule has 0 aliphatic heterocycles. The highest BCUT2D eigenvalue weighted by atomic mass is 35.5. The Morgan fingerprint density at radius 3 is 2.72 bits per heavy atom. The summed E-state index contributed by atoms with van der Waals surface area (Å²) in [7, 11) is 0. The fraction of sp³-hybridized carbons (Fsp3) is 0.167. The summed E-state index contributed by atoms with van der Waals surface area (Å²) in [6.45, 7) is 1.91. The molecule has 0 N–H and O–H groups in total. The molecule has 6 heteroatoms. The van der Waals surface area contributed by atoms with Crippen molar-refractivity contribution in [3.63, 3.8) is 0 Å². The maximum Gasteiger partial charge on any atom is 0.140 e. The largest absolute Gasteiger partial charge is 0.229 e. The minimum absolute atomic E-state index is 0.306. The Morgan fingerprint density at radius 2 is 2.06 bits per heavy atom. The molecule has 1 heterocycles. The molecule has 1 aromatic carbocycles. The first-order chi connectivity index (χ1) is 8.61. The van der Waals surface area contributed by atoms with Crippen LogP contribution in [0.15, 0.2) is 34.4 Å². The number of halogens is 3. The van der Waals surface area contributed by atoms with E-state index < -0.39 is 11.6 Å². The normalized spacial score (nSPS) is 10.7. The molecule has 0 spiro atoms. The highest BCUT2D eigenvalue weighted by Crippen LogP contribution is 2.33. The van der Waals surface area contributed by atoms with Gasteiger partial charge in [0.25, 0.3) is 0 Å². The topological polar surface area (TPSA) is 25.8 Å². The first-order valence-electron chi connectivity index (χ1n) is 5.24. The van der Waals surface area contributed by atoms with Crippen LogP contribution in [0, 0.1) is 11.6 Å². The van der Waals surface area contributed by atoms with Crippen LogP contribution in [0.4, 0.5) is 8.78 Å². The third kappa shape index (κ3) is 2.79. The Morgan fingerprint density at radius 1 is 1.28 bits per heavy atom. The van der Waals surface area contributed by atoms with Crippen LogP contribution >= 0.6 is 23.4 Å². The van der Waals surface area contributed by atoms with Gasteiger partial charge in [-0.2, -0.15) is 0 Å². The monoisotopic (exact) mass is 286 g/mol. The second kappa shape index (κ2) is 5.63. The molecule has 1 aromatic heterocycles. The number of benzene rings is 1. The van der Waals surface area contributed by atoms with E-state index in [0.717, 1.165) is 23.4 Å². The van der Waals surface area contributed by atoms with Gasteiger partial charge in [-0.1, -0.05) is 30.3 Å². The van der Waals surface area contributed by atoms with E-state index in [1.807, 2.05) is 6.92 Å². The lowest BCUT2D eigenvalue weighted by Crippen LogP contribution is -1.94. The van der Waals surface area contributed by atoms with Crippen molar-refractivity contribution in [1.82, 2.24) is 9.97 Å². The maximum atomic E-state index is 13.5. The lowest BCUT2D eigenvalue weighted by Gasteiger charge is -2.07. The molecule has 0 atom stereocenters. The first kappa shape index (κ1) is 13.2. The van der Waals surface area contributed by atoms with Gasteiger partial charge in [-0.3, -0.25) is 0 Å². The van der Waals surface area contributed by atoms with Crippen LogP contribution in [-0.4, -0.2) is 9.97 Å². The van der Waals surface area contributed by atoms with Crippen molar-refractivity contribution in [3.05, 3.63) is 46.9 Å². The van der Waals surface area contributed by atoms with Gasteiger partial charge in [0.05, 0.1) is 0 Å². The van der Waals surface area contributed by atoms with Crippen molar-refractivity contribution in [2.45, 2.75) is 23.3 Å². The number of hydrogen-bond acceptors (Lipinski definition) is 3. The van der Waals surface area contributed by atoms with Crippen LogP contribution in [-0.2, 0) is 6.42 Å². The zero-order chi connectivity index (χ0) is 13.1. The van der Waals surface area contributed by atoms with Gasteiger partial charge in [0.1, 0.15) is 28.1 Å². The summed E-state index contributed by atoms with van der Waals surface area (Å²) in [5, 5.41) is 0.945. The van der Waals surface area contributed by atoms with Gasteiger partial charge in [-0.05, 0) is 18.6 Å². The number of hydrogen-bond donors (Lipinski definition) is 0. The second-order valence-electron chi connectivity index (χ2n) is 3.48. The molecule has 0 bridgehead atoms. The second-order valence-corrected chi connectivity index (χ2v) is 4.87. The lowest BCUT2D eigenvalue weighted by molar-refractivity contribution is 0.565. The summed E-state index contributed by atoms with van der Waals surface area (Å²) in [5.41, 5.74) is 0.757. The van der Waals surface area contributed by atoms with E-state index in [1.54, 1.807) is 0 Å². The van der Waals surface area contributed by atoms with E-state index in [-0.39, 0.29) is 0 Å². The third-order valence-corrected chi connectivity index (χ3v) is 3.73. The zero-order valence-electron chi connectivity index (χ0n) is 9.45. The van der Waals surface area contributed by atoms with Crippen molar-refractivity contribution >= 4 is 23.4 Å². The molecule has 18 heavy (non-hydrogen) atoms. The summed E-state index contributed by atoms with van der Waals surface area (Å²) in [6.07, 6.45) is 1.97. The Kier molecular flexibility index (Phi) is 4.14. The Balaban J connectivity index is 2.37. The van der Waals surface area contributed by atoms with Crippen molar-refractivity contribution in [2.75, 3.05) is 0 Å². The highest BCUT2D eigenvalue weighted by molar-refractivity contribution is 7.99. The van der Waals surface area contributed by atoms with Gasteiger partial charge in [-0.15, -0.1) is 0 Å². The molecule has 0 saturated carbocycles. The molecule has 0 saturated heterocycles. The van der Waals surface area contributed by atoms with Gasteiger partial charge < -0.3 is 0 Å². The standard InChI is InChI=1S/C12H9ClF2N2S/c1-2-8-11(13)16-6-17-12(8)18-10-4-3-7(14)5-9(10)15/h3-6H,2H2,1H3. The molecule has 0 fully saturated rings. The molecule has 0 aliphatic carbocycles. The average molecular weight is 287 g/mol. The van der Waals surface area contributed by atoms with E-state index in [1.165, 1.54) is 18.5 Å². The molecule has 0 radical (unpaired) electrons. The average Bonchev–Trinajstić information content (AvgIpc) is 2.33. The van der Waals surface area contributed by atoms with Gasteiger partial charge in [-0.25, -0.2) is 18.7 Å². The van der Waals surface area contributed by atoms with Crippen LogP contribution in [0.3, 0.4) is 0 Å². The Labute approximate surface area is 112 Å². The van der Waals surface area contributed by atoms with Crippen LogP contribution in [0.2, 0.25) is 5.15 Å². The number of rotatable bonds is 3. The predicted octanol–water partition coefficient (Wildman–Crippen LogP) is 4.12. The summed E-state index contributed by atoms with van der Waals surface area (Å²) in [5.74, 6) is -1.22. The van der Waals surface area contributed by atoms with E-state index in [2.05, 4.69) is 9.97 Å². The van der Waals surface area contributed by atoms with Crippen molar-refractivity contribution in [2.24, 2.45) is 0 Å².